The summed E-state index contributed by atoms with van der Waals surface area (Å²) < 4.78 is 5.26. The Morgan fingerprint density at radius 2 is 2.14 bits per heavy atom. The summed E-state index contributed by atoms with van der Waals surface area (Å²) in [5.74, 6) is 6.41. The van der Waals surface area contributed by atoms with Crippen molar-refractivity contribution in [3.05, 3.63) is 29.3 Å². The van der Waals surface area contributed by atoms with Gasteiger partial charge in [-0.3, -0.25) is 4.79 Å². The third kappa shape index (κ3) is 4.51. The number of aliphatic hydroxyl groups is 1. The molecule has 4 nitrogen and oxygen atoms in total. The molecule has 0 saturated heterocycles. The van der Waals surface area contributed by atoms with Gasteiger partial charge in [0.1, 0.15) is 5.75 Å². The zero-order chi connectivity index (χ0) is 15.8. The second-order valence-electron chi connectivity index (χ2n) is 4.88. The van der Waals surface area contributed by atoms with Crippen molar-refractivity contribution in [2.75, 3.05) is 20.3 Å². The molecule has 21 heavy (non-hydrogen) atoms. The number of benzene rings is 1. The fourth-order valence-electron chi connectivity index (χ4n) is 2.06. The minimum absolute atomic E-state index is 0.0136. The average molecular weight is 289 g/mol. The second-order valence-corrected chi connectivity index (χ2v) is 4.88. The van der Waals surface area contributed by atoms with Gasteiger partial charge in [0.25, 0.3) is 5.91 Å². The Bertz CT molecular complexity index is 541. The van der Waals surface area contributed by atoms with Gasteiger partial charge in [-0.2, -0.15) is 0 Å². The lowest BCUT2D eigenvalue weighted by molar-refractivity contribution is 0.0717. The Morgan fingerprint density at radius 3 is 2.67 bits per heavy atom. The Labute approximate surface area is 126 Å². The van der Waals surface area contributed by atoms with Crippen molar-refractivity contribution in [3.8, 4) is 17.6 Å². The molecule has 0 heterocycles. The molecule has 0 fully saturated rings. The van der Waals surface area contributed by atoms with E-state index in [9.17, 15) is 4.79 Å². The third-order valence-corrected chi connectivity index (χ3v) is 3.13. The standard InChI is InChI=1S/C17H23NO3/c1-5-18(13(2)3)17(20)15-9-10-16(21-4)14(12-15)8-6-7-11-19/h9-10,12-13,19H,5,7,11H2,1-4H3. The maximum atomic E-state index is 12.5. The molecule has 114 valence electrons. The molecule has 1 aromatic carbocycles. The third-order valence-electron chi connectivity index (χ3n) is 3.13. The van der Waals surface area contributed by atoms with Crippen molar-refractivity contribution >= 4 is 5.91 Å². The van der Waals surface area contributed by atoms with Gasteiger partial charge >= 0.3 is 0 Å². The van der Waals surface area contributed by atoms with Crippen molar-refractivity contribution in [3.63, 3.8) is 0 Å². The minimum atomic E-state index is -0.0136. The lowest BCUT2D eigenvalue weighted by Gasteiger charge is -2.25. The predicted molar refractivity (Wildman–Crippen MR) is 83.4 cm³/mol. The van der Waals surface area contributed by atoms with Crippen LogP contribution in [0.15, 0.2) is 18.2 Å². The van der Waals surface area contributed by atoms with Crippen molar-refractivity contribution in [1.29, 1.82) is 0 Å². The van der Waals surface area contributed by atoms with E-state index in [-0.39, 0.29) is 18.6 Å². The van der Waals surface area contributed by atoms with Crippen LogP contribution in [0, 0.1) is 11.8 Å². The number of aliphatic hydroxyl groups excluding tert-OH is 1. The first-order valence-electron chi connectivity index (χ1n) is 7.13. The monoisotopic (exact) mass is 289 g/mol. The zero-order valence-corrected chi connectivity index (χ0v) is 13.1. The van der Waals surface area contributed by atoms with E-state index in [1.807, 2.05) is 20.8 Å². The summed E-state index contributed by atoms with van der Waals surface area (Å²) >= 11 is 0. The highest BCUT2D eigenvalue weighted by Crippen LogP contribution is 2.20. The lowest BCUT2D eigenvalue weighted by atomic mass is 10.1. The van der Waals surface area contributed by atoms with E-state index in [4.69, 9.17) is 9.84 Å². The van der Waals surface area contributed by atoms with E-state index in [1.165, 1.54) is 0 Å². The van der Waals surface area contributed by atoms with Crippen LogP contribution >= 0.6 is 0 Å². The number of carbonyl (C=O) groups excluding carboxylic acids is 1. The molecule has 0 spiro atoms. The molecule has 4 heteroatoms. The Balaban J connectivity index is 3.13. The van der Waals surface area contributed by atoms with Crippen LogP contribution in [-0.2, 0) is 0 Å². The van der Waals surface area contributed by atoms with E-state index in [1.54, 1.807) is 30.2 Å². The van der Waals surface area contributed by atoms with Crippen LogP contribution in [0.3, 0.4) is 0 Å². The quantitative estimate of drug-likeness (QED) is 0.846. The van der Waals surface area contributed by atoms with Gasteiger partial charge in [0.2, 0.25) is 0 Å². The molecular formula is C17H23NO3. The van der Waals surface area contributed by atoms with E-state index < -0.39 is 0 Å². The fourth-order valence-corrected chi connectivity index (χ4v) is 2.06. The molecule has 1 rings (SSSR count). The highest BCUT2D eigenvalue weighted by Gasteiger charge is 2.18. The van der Waals surface area contributed by atoms with Crippen molar-refractivity contribution < 1.29 is 14.6 Å². The minimum Gasteiger partial charge on any atom is -0.495 e. The molecule has 0 bridgehead atoms. The van der Waals surface area contributed by atoms with Crippen molar-refractivity contribution in [2.24, 2.45) is 0 Å². The topological polar surface area (TPSA) is 49.8 Å². The normalized spacial score (nSPS) is 10.0. The average Bonchev–Trinajstić information content (AvgIpc) is 2.47. The first kappa shape index (κ1) is 17.1. The van der Waals surface area contributed by atoms with E-state index in [2.05, 4.69) is 11.8 Å². The smallest absolute Gasteiger partial charge is 0.254 e. The molecule has 1 amide bonds. The molecule has 0 radical (unpaired) electrons. The number of carbonyl (C=O) groups is 1. The van der Waals surface area contributed by atoms with E-state index >= 15 is 0 Å². The maximum absolute atomic E-state index is 12.5. The lowest BCUT2D eigenvalue weighted by Crippen LogP contribution is -2.36. The van der Waals surface area contributed by atoms with Crippen LogP contribution < -0.4 is 4.74 Å². The number of amides is 1. The van der Waals surface area contributed by atoms with Crippen LogP contribution in [0.1, 0.15) is 43.1 Å². The second kappa shape index (κ2) is 8.33. The number of hydrogen-bond donors (Lipinski definition) is 1. The van der Waals surface area contributed by atoms with Gasteiger partial charge in [-0.15, -0.1) is 0 Å². The number of nitrogens with zero attached hydrogens (tertiary/aromatic N) is 1. The summed E-state index contributed by atoms with van der Waals surface area (Å²) in [7, 11) is 1.57. The van der Waals surface area contributed by atoms with Crippen molar-refractivity contribution in [2.45, 2.75) is 33.2 Å². The SMILES string of the molecule is CCN(C(=O)c1ccc(OC)c(C#CCCO)c1)C(C)C. The Morgan fingerprint density at radius 1 is 1.43 bits per heavy atom. The number of rotatable bonds is 5. The molecule has 0 unspecified atom stereocenters. The van der Waals surface area contributed by atoms with Gasteiger partial charge in [0.05, 0.1) is 19.3 Å². The van der Waals surface area contributed by atoms with Crippen LogP contribution in [0.5, 0.6) is 5.75 Å². The van der Waals surface area contributed by atoms with Crippen LogP contribution in [0.4, 0.5) is 0 Å². The van der Waals surface area contributed by atoms with Gasteiger partial charge in [-0.25, -0.2) is 0 Å². The molecule has 0 aliphatic rings. The van der Waals surface area contributed by atoms with Gasteiger partial charge < -0.3 is 14.7 Å². The molecule has 0 saturated carbocycles. The maximum Gasteiger partial charge on any atom is 0.254 e. The summed E-state index contributed by atoms with van der Waals surface area (Å²) in [6.07, 6.45) is 0.397. The molecule has 1 aromatic rings. The summed E-state index contributed by atoms with van der Waals surface area (Å²) in [5, 5.41) is 8.78. The molecule has 0 aromatic heterocycles. The summed E-state index contributed by atoms with van der Waals surface area (Å²) in [5.41, 5.74) is 1.26. The number of hydrogen-bond acceptors (Lipinski definition) is 3. The fraction of sp³-hybridized carbons (Fsp3) is 0.471. The van der Waals surface area contributed by atoms with E-state index in [0.29, 0.717) is 29.8 Å². The first-order chi connectivity index (χ1) is 10.0. The molecule has 1 N–H and O–H groups in total. The van der Waals surface area contributed by atoms with Gasteiger partial charge in [-0.1, -0.05) is 11.8 Å². The van der Waals surface area contributed by atoms with Crippen LogP contribution in [0.25, 0.3) is 0 Å². The highest BCUT2D eigenvalue weighted by molar-refractivity contribution is 5.95. The molecule has 0 atom stereocenters. The Hall–Kier alpha value is -1.99. The van der Waals surface area contributed by atoms with Gasteiger partial charge in [0.15, 0.2) is 0 Å². The highest BCUT2D eigenvalue weighted by atomic mass is 16.5. The molecule has 0 aliphatic carbocycles. The van der Waals surface area contributed by atoms with Crippen LogP contribution in [0.2, 0.25) is 0 Å². The Kier molecular flexibility index (Phi) is 6.77. The molecule has 0 aliphatic heterocycles. The van der Waals surface area contributed by atoms with Gasteiger partial charge in [0, 0.05) is 24.6 Å². The zero-order valence-electron chi connectivity index (χ0n) is 13.1. The van der Waals surface area contributed by atoms with Crippen LogP contribution in [-0.4, -0.2) is 42.2 Å². The number of methoxy groups -OCH3 is 1. The van der Waals surface area contributed by atoms with Crippen molar-refractivity contribution in [1.82, 2.24) is 4.90 Å². The van der Waals surface area contributed by atoms with Gasteiger partial charge in [-0.05, 0) is 39.0 Å². The molecular weight excluding hydrogens is 266 g/mol. The first-order valence-corrected chi connectivity index (χ1v) is 7.13. The number of ether oxygens (including phenoxy) is 1. The van der Waals surface area contributed by atoms with E-state index in [0.717, 1.165) is 0 Å². The summed E-state index contributed by atoms with van der Waals surface area (Å²) in [6.45, 7) is 6.63. The largest absolute Gasteiger partial charge is 0.495 e. The predicted octanol–water partition coefficient (Wildman–Crippen LogP) is 2.30. The summed E-state index contributed by atoms with van der Waals surface area (Å²) in [6, 6.07) is 5.40. The summed E-state index contributed by atoms with van der Waals surface area (Å²) in [4.78, 5) is 14.3.